The molecule has 0 saturated heterocycles. The molecule has 0 aliphatic heterocycles. The van der Waals surface area contributed by atoms with Crippen molar-refractivity contribution >= 4 is 22.6 Å². The Morgan fingerprint density at radius 1 is 0.842 bits per heavy atom. The van der Waals surface area contributed by atoms with Gasteiger partial charge < -0.3 is 10.4 Å². The second-order valence-electron chi connectivity index (χ2n) is 9.01. The molecule has 192 valence electrons. The Morgan fingerprint density at radius 2 is 1.53 bits per heavy atom. The van der Waals surface area contributed by atoms with Gasteiger partial charge in [0.1, 0.15) is 5.52 Å². The molecule has 0 atom stereocenters. The number of alkyl halides is 3. The third-order valence-corrected chi connectivity index (χ3v) is 6.25. The maximum Gasteiger partial charge on any atom is 0.418 e. The van der Waals surface area contributed by atoms with Crippen molar-refractivity contribution in [3.63, 3.8) is 0 Å². The topological polar surface area (TPSA) is 67.2 Å². The summed E-state index contributed by atoms with van der Waals surface area (Å²) in [6.45, 7) is 0.825. The first-order valence-corrected chi connectivity index (χ1v) is 12.0. The van der Waals surface area contributed by atoms with Crippen LogP contribution in [0.5, 0.6) is 0 Å². The lowest BCUT2D eigenvalue weighted by Gasteiger charge is -2.11. The van der Waals surface area contributed by atoms with Crippen molar-refractivity contribution in [3.8, 4) is 11.3 Å². The van der Waals surface area contributed by atoms with Crippen LogP contribution < -0.4 is 5.32 Å². The van der Waals surface area contributed by atoms with E-state index >= 15 is 0 Å². The van der Waals surface area contributed by atoms with Gasteiger partial charge in [-0.25, -0.2) is 0 Å². The Bertz CT molecular complexity index is 1580. The molecule has 5 rings (SSSR count). The van der Waals surface area contributed by atoms with Crippen LogP contribution in [-0.4, -0.2) is 20.9 Å². The molecule has 0 spiro atoms. The molecule has 4 aromatic carbocycles. The second-order valence-corrected chi connectivity index (χ2v) is 9.01. The Morgan fingerprint density at radius 3 is 2.24 bits per heavy atom. The molecule has 0 radical (unpaired) electrons. The van der Waals surface area contributed by atoms with Crippen molar-refractivity contribution in [3.05, 3.63) is 119 Å². The van der Waals surface area contributed by atoms with Gasteiger partial charge in [-0.15, -0.1) is 0 Å². The van der Waals surface area contributed by atoms with Crippen LogP contribution in [-0.2, 0) is 30.5 Å². The maximum atomic E-state index is 13.8. The van der Waals surface area contributed by atoms with Crippen LogP contribution in [0.2, 0.25) is 0 Å². The number of hydrogen-bond donors (Lipinski definition) is 2. The fourth-order valence-electron chi connectivity index (χ4n) is 4.53. The van der Waals surface area contributed by atoms with E-state index in [2.05, 4.69) is 10.4 Å². The van der Waals surface area contributed by atoms with Crippen molar-refractivity contribution in [2.24, 2.45) is 0 Å². The molecule has 0 aliphatic carbocycles. The van der Waals surface area contributed by atoms with E-state index in [-0.39, 0.29) is 11.9 Å². The molecule has 5 aromatic rings. The summed E-state index contributed by atoms with van der Waals surface area (Å²) < 4.78 is 42.9. The molecule has 8 heteroatoms. The summed E-state index contributed by atoms with van der Waals surface area (Å²) in [6, 6.07) is 28.5. The van der Waals surface area contributed by atoms with Crippen LogP contribution in [0.3, 0.4) is 0 Å². The first kappa shape index (κ1) is 25.1. The van der Waals surface area contributed by atoms with Crippen molar-refractivity contribution in [1.29, 1.82) is 0 Å². The Hall–Kier alpha value is -4.59. The maximum absolute atomic E-state index is 13.8. The Labute approximate surface area is 217 Å². The standard InChI is InChI=1S/C30H24F3N3O2/c31-30(32,33)26-11-5-10-25-28(26)35-36(19-20-6-2-1-3-7-20)29(25)23-12-14-24(15-13-23)34-18-22-9-4-8-21(16-22)17-27(37)38/h1-16,34H,17-19H2,(H,37,38). The number of rotatable bonds is 8. The number of aromatic nitrogens is 2. The van der Waals surface area contributed by atoms with Gasteiger partial charge in [0, 0.05) is 23.2 Å². The SMILES string of the molecule is O=C(O)Cc1cccc(CNc2ccc(-c3c4cccc(C(F)(F)F)c4nn3Cc3ccccc3)cc2)c1. The zero-order chi connectivity index (χ0) is 26.7. The molecule has 0 fully saturated rings. The highest BCUT2D eigenvalue weighted by molar-refractivity contribution is 5.95. The summed E-state index contributed by atoms with van der Waals surface area (Å²) in [5.41, 5.74) is 3.95. The number of hydrogen-bond acceptors (Lipinski definition) is 3. The van der Waals surface area contributed by atoms with Gasteiger partial charge in [-0.2, -0.15) is 18.3 Å². The van der Waals surface area contributed by atoms with E-state index in [1.165, 1.54) is 6.07 Å². The zero-order valence-corrected chi connectivity index (χ0v) is 20.2. The lowest BCUT2D eigenvalue weighted by atomic mass is 10.0. The highest BCUT2D eigenvalue weighted by atomic mass is 19.4. The van der Waals surface area contributed by atoms with E-state index in [0.29, 0.717) is 24.2 Å². The minimum Gasteiger partial charge on any atom is -0.481 e. The second kappa shape index (κ2) is 10.4. The van der Waals surface area contributed by atoms with Crippen LogP contribution in [0, 0.1) is 0 Å². The summed E-state index contributed by atoms with van der Waals surface area (Å²) in [4.78, 5) is 11.0. The van der Waals surface area contributed by atoms with E-state index in [1.807, 2.05) is 72.8 Å². The van der Waals surface area contributed by atoms with E-state index in [0.717, 1.165) is 34.0 Å². The van der Waals surface area contributed by atoms with E-state index < -0.39 is 17.7 Å². The summed E-state index contributed by atoms with van der Waals surface area (Å²) in [6.07, 6.45) is -4.55. The first-order valence-electron chi connectivity index (χ1n) is 12.0. The molecule has 1 aromatic heterocycles. The summed E-state index contributed by atoms with van der Waals surface area (Å²) in [5.74, 6) is -0.882. The van der Waals surface area contributed by atoms with Gasteiger partial charge in [-0.3, -0.25) is 9.48 Å². The molecule has 0 unspecified atom stereocenters. The van der Waals surface area contributed by atoms with E-state index in [1.54, 1.807) is 16.8 Å². The largest absolute Gasteiger partial charge is 0.481 e. The van der Waals surface area contributed by atoms with E-state index in [9.17, 15) is 18.0 Å². The minimum absolute atomic E-state index is 0.0385. The van der Waals surface area contributed by atoms with Crippen LogP contribution in [0.4, 0.5) is 18.9 Å². The van der Waals surface area contributed by atoms with Gasteiger partial charge in [0.15, 0.2) is 0 Å². The van der Waals surface area contributed by atoms with Crippen molar-refractivity contribution in [2.75, 3.05) is 5.32 Å². The number of carboxylic acids is 1. The highest BCUT2D eigenvalue weighted by Gasteiger charge is 2.34. The lowest BCUT2D eigenvalue weighted by molar-refractivity contribution is -0.137. The van der Waals surface area contributed by atoms with Gasteiger partial charge in [0.05, 0.1) is 24.2 Å². The van der Waals surface area contributed by atoms with Crippen LogP contribution in [0.15, 0.2) is 97.1 Å². The number of anilines is 1. The van der Waals surface area contributed by atoms with Gasteiger partial charge in [-0.05, 0) is 34.9 Å². The molecule has 0 aliphatic rings. The highest BCUT2D eigenvalue weighted by Crippen LogP contribution is 2.38. The third kappa shape index (κ3) is 5.54. The smallest absolute Gasteiger partial charge is 0.418 e. The van der Waals surface area contributed by atoms with Crippen molar-refractivity contribution in [1.82, 2.24) is 9.78 Å². The Balaban J connectivity index is 1.46. The van der Waals surface area contributed by atoms with Gasteiger partial charge in [0.2, 0.25) is 0 Å². The molecule has 0 saturated carbocycles. The molecule has 2 N–H and O–H groups in total. The van der Waals surface area contributed by atoms with Crippen LogP contribution >= 0.6 is 0 Å². The number of benzene rings is 4. The summed E-state index contributed by atoms with van der Waals surface area (Å²) in [5, 5.41) is 17.2. The molecule has 0 bridgehead atoms. The average Bonchev–Trinajstić information content (AvgIpc) is 3.25. The zero-order valence-electron chi connectivity index (χ0n) is 20.2. The molecule has 0 amide bonds. The molecule has 1 heterocycles. The average molecular weight is 516 g/mol. The number of halogens is 3. The van der Waals surface area contributed by atoms with Gasteiger partial charge in [0.25, 0.3) is 0 Å². The number of fused-ring (bicyclic) bond motifs is 1. The predicted octanol–water partition coefficient (Wildman–Crippen LogP) is 7.01. The fraction of sp³-hybridized carbons (Fsp3) is 0.133. The summed E-state index contributed by atoms with van der Waals surface area (Å²) in [7, 11) is 0. The van der Waals surface area contributed by atoms with Gasteiger partial charge in [-0.1, -0.05) is 78.9 Å². The third-order valence-electron chi connectivity index (χ3n) is 6.25. The van der Waals surface area contributed by atoms with Gasteiger partial charge >= 0.3 is 12.1 Å². The molecule has 38 heavy (non-hydrogen) atoms. The molecular weight excluding hydrogens is 491 g/mol. The monoisotopic (exact) mass is 515 g/mol. The number of nitrogens with zero attached hydrogens (tertiary/aromatic N) is 2. The number of carboxylic acid groups (broad SMARTS) is 1. The minimum atomic E-state index is -4.52. The van der Waals surface area contributed by atoms with Crippen molar-refractivity contribution < 1.29 is 23.1 Å². The fourth-order valence-corrected chi connectivity index (χ4v) is 4.53. The number of carbonyl (C=O) groups is 1. The molecular formula is C30H24F3N3O2. The predicted molar refractivity (Wildman–Crippen MR) is 141 cm³/mol. The van der Waals surface area contributed by atoms with Crippen LogP contribution in [0.25, 0.3) is 22.2 Å². The molecule has 5 nitrogen and oxygen atoms in total. The van der Waals surface area contributed by atoms with Crippen LogP contribution in [0.1, 0.15) is 22.3 Å². The number of nitrogens with one attached hydrogen (secondary N) is 1. The first-order chi connectivity index (χ1) is 18.3. The summed E-state index contributed by atoms with van der Waals surface area (Å²) >= 11 is 0. The van der Waals surface area contributed by atoms with Crippen molar-refractivity contribution in [2.45, 2.75) is 25.7 Å². The number of aliphatic carboxylic acids is 1. The quantitative estimate of drug-likeness (QED) is 0.233. The van der Waals surface area contributed by atoms with E-state index in [4.69, 9.17) is 5.11 Å². The lowest BCUT2D eigenvalue weighted by Crippen LogP contribution is -2.06. The normalized spacial score (nSPS) is 11.6. The Kier molecular flexibility index (Phi) is 6.87.